The van der Waals surface area contributed by atoms with Crippen LogP contribution in [0.2, 0.25) is 0 Å². The van der Waals surface area contributed by atoms with Crippen LogP contribution in [0.4, 0.5) is 4.39 Å². The summed E-state index contributed by atoms with van der Waals surface area (Å²) in [5.74, 6) is -0.726. The summed E-state index contributed by atoms with van der Waals surface area (Å²) in [6.45, 7) is -0.109. The smallest absolute Gasteiger partial charge is 0.177 e. The SMILES string of the molecule is NCC(=O)c1cccc(F)c1Br. The Kier molecular flexibility index (Phi) is 2.94. The molecular weight excluding hydrogens is 225 g/mol. The standard InChI is InChI=1S/C8H7BrFNO/c9-8-5(7(12)4-11)2-1-3-6(8)10/h1-3H,4,11H2. The molecule has 64 valence electrons. The molecule has 0 aliphatic heterocycles. The summed E-state index contributed by atoms with van der Waals surface area (Å²) in [4.78, 5) is 11.1. The molecule has 0 aliphatic carbocycles. The maximum absolute atomic E-state index is 12.8. The maximum atomic E-state index is 12.8. The fourth-order valence-electron chi connectivity index (χ4n) is 0.829. The van der Waals surface area contributed by atoms with E-state index < -0.39 is 5.82 Å². The second-order valence-electron chi connectivity index (χ2n) is 2.23. The van der Waals surface area contributed by atoms with Gasteiger partial charge in [0.25, 0.3) is 0 Å². The molecule has 1 rings (SSSR count). The van der Waals surface area contributed by atoms with Gasteiger partial charge in [-0.2, -0.15) is 0 Å². The number of hydrogen-bond acceptors (Lipinski definition) is 2. The van der Waals surface area contributed by atoms with Crippen molar-refractivity contribution in [2.75, 3.05) is 6.54 Å². The van der Waals surface area contributed by atoms with Gasteiger partial charge < -0.3 is 5.73 Å². The largest absolute Gasteiger partial charge is 0.324 e. The van der Waals surface area contributed by atoms with Gasteiger partial charge in [0.2, 0.25) is 0 Å². The monoisotopic (exact) mass is 231 g/mol. The van der Waals surface area contributed by atoms with Gasteiger partial charge in [-0.15, -0.1) is 0 Å². The Bertz CT molecular complexity index is 314. The van der Waals surface area contributed by atoms with Crippen molar-refractivity contribution in [1.29, 1.82) is 0 Å². The third-order valence-corrected chi connectivity index (χ3v) is 2.24. The summed E-state index contributed by atoms with van der Waals surface area (Å²) >= 11 is 2.97. The lowest BCUT2D eigenvalue weighted by Gasteiger charge is -2.01. The number of rotatable bonds is 2. The number of benzene rings is 1. The average Bonchev–Trinajstić information content (AvgIpc) is 2.08. The van der Waals surface area contributed by atoms with Crippen molar-refractivity contribution < 1.29 is 9.18 Å². The molecule has 0 spiro atoms. The van der Waals surface area contributed by atoms with E-state index in [9.17, 15) is 9.18 Å². The van der Waals surface area contributed by atoms with Crippen molar-refractivity contribution >= 4 is 21.7 Å². The van der Waals surface area contributed by atoms with Gasteiger partial charge in [0.05, 0.1) is 11.0 Å². The molecular formula is C8H7BrFNO. The molecule has 0 fully saturated rings. The number of carbonyl (C=O) groups is 1. The molecule has 0 aromatic heterocycles. The zero-order valence-electron chi connectivity index (χ0n) is 6.18. The normalized spacial score (nSPS) is 9.92. The van der Waals surface area contributed by atoms with Crippen molar-refractivity contribution in [3.05, 3.63) is 34.1 Å². The minimum absolute atomic E-state index is 0.109. The Balaban J connectivity index is 3.16. The molecule has 2 N–H and O–H groups in total. The minimum atomic E-state index is -0.450. The van der Waals surface area contributed by atoms with Gasteiger partial charge >= 0.3 is 0 Å². The number of nitrogens with two attached hydrogens (primary N) is 1. The van der Waals surface area contributed by atoms with Crippen molar-refractivity contribution in [3.63, 3.8) is 0 Å². The lowest BCUT2D eigenvalue weighted by atomic mass is 10.1. The fraction of sp³-hybridized carbons (Fsp3) is 0.125. The molecule has 1 aromatic carbocycles. The highest BCUT2D eigenvalue weighted by Crippen LogP contribution is 2.20. The van der Waals surface area contributed by atoms with Crippen LogP contribution in [0.15, 0.2) is 22.7 Å². The molecule has 0 heterocycles. The van der Waals surface area contributed by atoms with Crippen LogP contribution in [0, 0.1) is 5.82 Å². The van der Waals surface area contributed by atoms with E-state index in [2.05, 4.69) is 15.9 Å². The van der Waals surface area contributed by atoms with Crippen LogP contribution < -0.4 is 5.73 Å². The van der Waals surface area contributed by atoms with Crippen LogP contribution >= 0.6 is 15.9 Å². The highest BCUT2D eigenvalue weighted by molar-refractivity contribution is 9.10. The summed E-state index contributed by atoms with van der Waals surface area (Å²) in [5, 5.41) is 0. The van der Waals surface area contributed by atoms with Gasteiger partial charge in [0, 0.05) is 5.56 Å². The molecule has 0 unspecified atom stereocenters. The summed E-state index contributed by atoms with van der Waals surface area (Å²) in [6, 6.07) is 4.28. The lowest BCUT2D eigenvalue weighted by Crippen LogP contribution is -2.14. The van der Waals surface area contributed by atoms with E-state index >= 15 is 0 Å². The first kappa shape index (κ1) is 9.35. The molecule has 4 heteroatoms. The Labute approximate surface area is 77.7 Å². The van der Waals surface area contributed by atoms with E-state index in [4.69, 9.17) is 5.73 Å². The minimum Gasteiger partial charge on any atom is -0.324 e. The topological polar surface area (TPSA) is 43.1 Å². The molecule has 0 amide bonds. The predicted octanol–water partition coefficient (Wildman–Crippen LogP) is 1.73. The molecule has 1 aromatic rings. The van der Waals surface area contributed by atoms with E-state index in [1.165, 1.54) is 18.2 Å². The number of ketones is 1. The van der Waals surface area contributed by atoms with Crippen LogP contribution in [-0.2, 0) is 0 Å². The summed E-state index contributed by atoms with van der Waals surface area (Å²) in [5.41, 5.74) is 5.42. The van der Waals surface area contributed by atoms with Crippen molar-refractivity contribution in [1.82, 2.24) is 0 Å². The Morgan fingerprint density at radius 3 is 2.83 bits per heavy atom. The first-order chi connectivity index (χ1) is 5.66. The van der Waals surface area contributed by atoms with Crippen molar-refractivity contribution in [3.8, 4) is 0 Å². The third-order valence-electron chi connectivity index (χ3n) is 1.44. The fourth-order valence-corrected chi connectivity index (χ4v) is 1.31. The van der Waals surface area contributed by atoms with Gasteiger partial charge in [0.15, 0.2) is 5.78 Å². The van der Waals surface area contributed by atoms with E-state index in [1.807, 2.05) is 0 Å². The summed E-state index contributed by atoms with van der Waals surface area (Å²) < 4.78 is 13.0. The highest BCUT2D eigenvalue weighted by Gasteiger charge is 2.10. The van der Waals surface area contributed by atoms with Gasteiger partial charge in [-0.25, -0.2) is 4.39 Å². The quantitative estimate of drug-likeness (QED) is 0.789. The lowest BCUT2D eigenvalue weighted by molar-refractivity contribution is 0.1000. The molecule has 0 atom stereocenters. The van der Waals surface area contributed by atoms with E-state index in [-0.39, 0.29) is 22.4 Å². The number of carbonyl (C=O) groups excluding carboxylic acids is 1. The predicted molar refractivity (Wildman–Crippen MR) is 47.5 cm³/mol. The van der Waals surface area contributed by atoms with E-state index in [0.717, 1.165) is 0 Å². The van der Waals surface area contributed by atoms with Crippen LogP contribution in [-0.4, -0.2) is 12.3 Å². The summed E-state index contributed by atoms with van der Waals surface area (Å²) in [7, 11) is 0. The molecule has 0 aliphatic rings. The highest BCUT2D eigenvalue weighted by atomic mass is 79.9. The van der Waals surface area contributed by atoms with Crippen molar-refractivity contribution in [2.24, 2.45) is 5.73 Å². The average molecular weight is 232 g/mol. The first-order valence-electron chi connectivity index (χ1n) is 3.34. The Morgan fingerprint density at radius 1 is 1.58 bits per heavy atom. The van der Waals surface area contributed by atoms with Crippen LogP contribution in [0.3, 0.4) is 0 Å². The van der Waals surface area contributed by atoms with Crippen LogP contribution in [0.5, 0.6) is 0 Å². The van der Waals surface area contributed by atoms with E-state index in [0.29, 0.717) is 0 Å². The zero-order valence-corrected chi connectivity index (χ0v) is 7.77. The van der Waals surface area contributed by atoms with Gasteiger partial charge in [-0.3, -0.25) is 4.79 Å². The van der Waals surface area contributed by atoms with Gasteiger partial charge in [-0.1, -0.05) is 12.1 Å². The van der Waals surface area contributed by atoms with Crippen LogP contribution in [0.1, 0.15) is 10.4 Å². The van der Waals surface area contributed by atoms with E-state index in [1.54, 1.807) is 0 Å². The number of Topliss-reactive ketones (excluding diaryl/α,β-unsaturated/α-hetero) is 1. The summed E-state index contributed by atoms with van der Waals surface area (Å²) in [6.07, 6.45) is 0. The zero-order chi connectivity index (χ0) is 9.14. The second kappa shape index (κ2) is 3.78. The Hall–Kier alpha value is -0.740. The Morgan fingerprint density at radius 2 is 2.25 bits per heavy atom. The van der Waals surface area contributed by atoms with Crippen molar-refractivity contribution in [2.45, 2.75) is 0 Å². The van der Waals surface area contributed by atoms with Crippen LogP contribution in [0.25, 0.3) is 0 Å². The second-order valence-corrected chi connectivity index (χ2v) is 3.02. The maximum Gasteiger partial charge on any atom is 0.177 e. The molecule has 0 saturated heterocycles. The molecule has 12 heavy (non-hydrogen) atoms. The first-order valence-corrected chi connectivity index (χ1v) is 4.13. The molecule has 2 nitrogen and oxygen atoms in total. The number of hydrogen-bond donors (Lipinski definition) is 1. The number of halogens is 2. The van der Waals surface area contributed by atoms with Gasteiger partial charge in [0.1, 0.15) is 5.82 Å². The van der Waals surface area contributed by atoms with Gasteiger partial charge in [-0.05, 0) is 22.0 Å². The third kappa shape index (κ3) is 1.70. The molecule has 0 radical (unpaired) electrons. The molecule has 0 bridgehead atoms. The molecule has 0 saturated carbocycles.